The smallest absolute Gasteiger partial charge is 0.253 e. The van der Waals surface area contributed by atoms with Crippen LogP contribution >= 0.6 is 35.2 Å². The van der Waals surface area contributed by atoms with E-state index in [1.165, 1.54) is 22.0 Å². The minimum atomic E-state index is -3.07. The second-order valence-electron chi connectivity index (χ2n) is 5.12. The zero-order valence-electron chi connectivity index (χ0n) is 11.4. The number of sulfone groups is 1. The fourth-order valence-electron chi connectivity index (χ4n) is 2.55. The summed E-state index contributed by atoms with van der Waals surface area (Å²) in [7, 11) is -3.07. The molecule has 1 aromatic carbocycles. The van der Waals surface area contributed by atoms with Crippen LogP contribution in [0.15, 0.2) is 35.1 Å². The third-order valence-corrected chi connectivity index (χ3v) is 7.05. The van der Waals surface area contributed by atoms with Crippen molar-refractivity contribution in [1.82, 2.24) is 4.57 Å². The van der Waals surface area contributed by atoms with Gasteiger partial charge in [-0.1, -0.05) is 29.8 Å². The molecule has 1 aliphatic heterocycles. The molecular weight excluding hydrogens is 362 g/mol. The van der Waals surface area contributed by atoms with Crippen molar-refractivity contribution in [3.05, 3.63) is 49.7 Å². The minimum absolute atomic E-state index is 0.0191. The molecule has 2 aromatic rings. The molecule has 1 aliphatic rings. The Morgan fingerprint density at radius 3 is 2.64 bits per heavy atom. The lowest BCUT2D eigenvalue weighted by molar-refractivity contribution is 0.538. The van der Waals surface area contributed by atoms with Crippen LogP contribution < -0.4 is 5.56 Å². The molecule has 3 rings (SSSR count). The van der Waals surface area contributed by atoms with E-state index in [2.05, 4.69) is 0 Å². The highest BCUT2D eigenvalue weighted by Gasteiger charge is 2.30. The molecule has 116 valence electrons. The molecule has 4 nitrogen and oxygen atoms in total. The van der Waals surface area contributed by atoms with E-state index in [-0.39, 0.29) is 23.1 Å². The molecule has 0 aliphatic carbocycles. The SMILES string of the molecule is O=c1cc(-c2ccccc2Cl)sc(=S)n1C1CCS(=O)(=O)C1. The molecule has 0 spiro atoms. The Bertz CT molecular complexity index is 915. The molecule has 1 aromatic heterocycles. The predicted octanol–water partition coefficient (Wildman–Crippen LogP) is 3.32. The highest BCUT2D eigenvalue weighted by atomic mass is 35.5. The predicted molar refractivity (Wildman–Crippen MR) is 92.2 cm³/mol. The maximum absolute atomic E-state index is 12.4. The van der Waals surface area contributed by atoms with Crippen LogP contribution in [-0.2, 0) is 9.84 Å². The van der Waals surface area contributed by atoms with Crippen molar-refractivity contribution in [3.8, 4) is 10.4 Å². The van der Waals surface area contributed by atoms with E-state index in [0.29, 0.717) is 20.3 Å². The number of benzene rings is 1. The average Bonchev–Trinajstić information content (AvgIpc) is 2.78. The van der Waals surface area contributed by atoms with Crippen LogP contribution in [0.1, 0.15) is 12.5 Å². The first-order chi connectivity index (χ1) is 10.4. The summed E-state index contributed by atoms with van der Waals surface area (Å²) in [6.07, 6.45) is 0.435. The van der Waals surface area contributed by atoms with Crippen molar-refractivity contribution in [2.75, 3.05) is 11.5 Å². The third kappa shape index (κ3) is 3.03. The lowest BCUT2D eigenvalue weighted by Crippen LogP contribution is -2.25. The molecule has 1 saturated heterocycles. The van der Waals surface area contributed by atoms with Crippen LogP contribution in [0.25, 0.3) is 10.4 Å². The van der Waals surface area contributed by atoms with Crippen LogP contribution in [0.4, 0.5) is 0 Å². The summed E-state index contributed by atoms with van der Waals surface area (Å²) < 4.78 is 25.0. The van der Waals surface area contributed by atoms with Gasteiger partial charge >= 0.3 is 0 Å². The van der Waals surface area contributed by atoms with Gasteiger partial charge in [-0.2, -0.15) is 0 Å². The van der Waals surface area contributed by atoms with Gasteiger partial charge < -0.3 is 0 Å². The molecule has 0 amide bonds. The number of nitrogens with zero attached hydrogens (tertiary/aromatic N) is 1. The first-order valence-corrected chi connectivity index (χ1v) is 10.0. The van der Waals surface area contributed by atoms with Crippen molar-refractivity contribution in [2.45, 2.75) is 12.5 Å². The van der Waals surface area contributed by atoms with Crippen LogP contribution in [0.2, 0.25) is 5.02 Å². The quantitative estimate of drug-likeness (QED) is 0.758. The van der Waals surface area contributed by atoms with Gasteiger partial charge in [0.2, 0.25) is 0 Å². The van der Waals surface area contributed by atoms with Gasteiger partial charge in [-0.3, -0.25) is 9.36 Å². The zero-order chi connectivity index (χ0) is 15.9. The molecule has 0 bridgehead atoms. The Kier molecular flexibility index (Phi) is 4.24. The highest BCUT2D eigenvalue weighted by molar-refractivity contribution is 7.91. The molecule has 0 N–H and O–H groups in total. The summed E-state index contributed by atoms with van der Waals surface area (Å²) in [5, 5.41) is 0.550. The van der Waals surface area contributed by atoms with Crippen molar-refractivity contribution in [2.24, 2.45) is 0 Å². The van der Waals surface area contributed by atoms with Gasteiger partial charge in [0.05, 0.1) is 17.5 Å². The van der Waals surface area contributed by atoms with Gasteiger partial charge in [0.15, 0.2) is 13.8 Å². The van der Waals surface area contributed by atoms with E-state index >= 15 is 0 Å². The van der Waals surface area contributed by atoms with Crippen molar-refractivity contribution in [1.29, 1.82) is 0 Å². The molecule has 1 atom stereocenters. The van der Waals surface area contributed by atoms with Gasteiger partial charge in [0.25, 0.3) is 5.56 Å². The van der Waals surface area contributed by atoms with E-state index in [1.807, 2.05) is 18.2 Å². The molecule has 1 unspecified atom stereocenters. The Labute approximate surface area is 141 Å². The molecule has 0 saturated carbocycles. The lowest BCUT2D eigenvalue weighted by atomic mass is 10.2. The molecule has 8 heteroatoms. The highest BCUT2D eigenvalue weighted by Crippen LogP contribution is 2.31. The summed E-state index contributed by atoms with van der Waals surface area (Å²) in [6.45, 7) is 0. The van der Waals surface area contributed by atoms with Gasteiger partial charge in [-0.25, -0.2) is 8.42 Å². The van der Waals surface area contributed by atoms with Crippen LogP contribution in [-0.4, -0.2) is 24.5 Å². The van der Waals surface area contributed by atoms with E-state index in [1.54, 1.807) is 6.07 Å². The molecule has 2 heterocycles. The number of halogens is 1. The van der Waals surface area contributed by atoms with Gasteiger partial charge in [0, 0.05) is 21.5 Å². The van der Waals surface area contributed by atoms with Crippen molar-refractivity contribution >= 4 is 45.0 Å². The Balaban J connectivity index is 2.09. The second-order valence-corrected chi connectivity index (χ2v) is 9.43. The Morgan fingerprint density at radius 1 is 1.32 bits per heavy atom. The monoisotopic (exact) mass is 373 g/mol. The second kappa shape index (κ2) is 5.88. The van der Waals surface area contributed by atoms with Crippen LogP contribution in [0.3, 0.4) is 0 Å². The van der Waals surface area contributed by atoms with Crippen molar-refractivity contribution in [3.63, 3.8) is 0 Å². The molecular formula is C14H12ClNO3S3. The number of hydrogen-bond donors (Lipinski definition) is 0. The van der Waals surface area contributed by atoms with E-state index in [4.69, 9.17) is 23.8 Å². The zero-order valence-corrected chi connectivity index (χ0v) is 14.6. The van der Waals surface area contributed by atoms with E-state index < -0.39 is 9.84 Å². The minimum Gasteiger partial charge on any atom is -0.287 e. The fourth-order valence-corrected chi connectivity index (χ4v) is 6.02. The summed E-state index contributed by atoms with van der Waals surface area (Å²) in [4.78, 5) is 13.1. The van der Waals surface area contributed by atoms with E-state index in [9.17, 15) is 13.2 Å². The van der Waals surface area contributed by atoms with Crippen LogP contribution in [0, 0.1) is 3.95 Å². The van der Waals surface area contributed by atoms with Gasteiger partial charge in [-0.05, 0) is 24.7 Å². The Morgan fingerprint density at radius 2 is 2.05 bits per heavy atom. The van der Waals surface area contributed by atoms with E-state index in [0.717, 1.165) is 5.56 Å². The lowest BCUT2D eigenvalue weighted by Gasteiger charge is -2.13. The summed E-state index contributed by atoms with van der Waals surface area (Å²) in [5.74, 6) is 0.0878. The van der Waals surface area contributed by atoms with Crippen LogP contribution in [0.5, 0.6) is 0 Å². The summed E-state index contributed by atoms with van der Waals surface area (Å²) in [5.41, 5.74) is 0.476. The fraction of sp³-hybridized carbons (Fsp3) is 0.286. The first kappa shape index (κ1) is 15.9. The maximum Gasteiger partial charge on any atom is 0.253 e. The number of hydrogen-bond acceptors (Lipinski definition) is 5. The third-order valence-electron chi connectivity index (χ3n) is 3.60. The number of rotatable bonds is 2. The molecule has 1 fully saturated rings. The molecule has 0 radical (unpaired) electrons. The standard InChI is InChI=1S/C14H12ClNO3S3/c15-11-4-2-1-3-10(11)12-7-13(17)16(14(20)21-12)9-5-6-22(18,19)8-9/h1-4,7,9H,5-6,8H2. The average molecular weight is 374 g/mol. The van der Waals surface area contributed by atoms with Gasteiger partial charge in [-0.15, -0.1) is 11.3 Å². The largest absolute Gasteiger partial charge is 0.287 e. The first-order valence-electron chi connectivity index (χ1n) is 6.59. The van der Waals surface area contributed by atoms with Gasteiger partial charge in [0.1, 0.15) is 0 Å². The number of aromatic nitrogens is 1. The summed E-state index contributed by atoms with van der Waals surface area (Å²) >= 11 is 12.7. The van der Waals surface area contributed by atoms with Crippen molar-refractivity contribution < 1.29 is 8.42 Å². The Hall–Kier alpha value is -1.02. The topological polar surface area (TPSA) is 56.1 Å². The normalized spacial score (nSPS) is 20.1. The maximum atomic E-state index is 12.4. The summed E-state index contributed by atoms with van der Waals surface area (Å²) in [6, 6.07) is 8.35. The molecule has 22 heavy (non-hydrogen) atoms.